The largest absolute Gasteiger partial charge is 0.352 e. The molecule has 0 aliphatic heterocycles. The summed E-state index contributed by atoms with van der Waals surface area (Å²) in [6, 6.07) is 9.06. The van der Waals surface area contributed by atoms with Gasteiger partial charge in [-0.3, -0.25) is 35.1 Å². The summed E-state index contributed by atoms with van der Waals surface area (Å²) in [5.74, 6) is -1.20. The van der Waals surface area contributed by atoms with E-state index in [1.807, 2.05) is 6.92 Å². The lowest BCUT2D eigenvalue weighted by molar-refractivity contribution is -0.394. The number of thiocarbonyl (C=S) groups is 1. The summed E-state index contributed by atoms with van der Waals surface area (Å²) < 4.78 is 0. The van der Waals surface area contributed by atoms with Gasteiger partial charge in [0.2, 0.25) is 0 Å². The first-order valence-electron chi connectivity index (χ1n) is 9.16. The van der Waals surface area contributed by atoms with Gasteiger partial charge in [-0.15, -0.1) is 0 Å². The van der Waals surface area contributed by atoms with E-state index in [1.54, 1.807) is 24.3 Å². The van der Waals surface area contributed by atoms with Crippen molar-refractivity contribution in [1.82, 2.24) is 10.6 Å². The van der Waals surface area contributed by atoms with E-state index in [9.17, 15) is 29.8 Å². The molecular weight excluding hydrogens is 426 g/mol. The Morgan fingerprint density at radius 3 is 2.19 bits per heavy atom. The van der Waals surface area contributed by atoms with Crippen LogP contribution < -0.4 is 16.0 Å². The summed E-state index contributed by atoms with van der Waals surface area (Å²) >= 11 is 5.09. The summed E-state index contributed by atoms with van der Waals surface area (Å²) in [4.78, 5) is 45.1. The molecule has 0 aromatic heterocycles. The molecular formula is C19H19N5O6S. The highest BCUT2D eigenvalue weighted by Crippen LogP contribution is 2.22. The van der Waals surface area contributed by atoms with Gasteiger partial charge < -0.3 is 10.6 Å². The average molecular weight is 445 g/mol. The van der Waals surface area contributed by atoms with E-state index in [-0.39, 0.29) is 16.6 Å². The Labute approximate surface area is 182 Å². The van der Waals surface area contributed by atoms with E-state index in [1.165, 1.54) is 0 Å². The number of para-hydroxylation sites is 1. The molecule has 0 saturated carbocycles. The summed E-state index contributed by atoms with van der Waals surface area (Å²) in [6.45, 7) is 2.51. The zero-order chi connectivity index (χ0) is 23.0. The Bertz CT molecular complexity index is 1010. The molecule has 0 saturated heterocycles. The fourth-order valence-corrected chi connectivity index (χ4v) is 2.73. The number of nitro groups is 2. The molecule has 2 amide bonds. The molecule has 0 unspecified atom stereocenters. The predicted octanol–water partition coefficient (Wildman–Crippen LogP) is 3.16. The monoisotopic (exact) mass is 445 g/mol. The maximum absolute atomic E-state index is 12.4. The van der Waals surface area contributed by atoms with Crippen LogP contribution in [0.3, 0.4) is 0 Å². The summed E-state index contributed by atoms with van der Waals surface area (Å²) in [5.41, 5.74) is -0.872. The highest BCUT2D eigenvalue weighted by Gasteiger charge is 2.21. The van der Waals surface area contributed by atoms with Crippen molar-refractivity contribution in [2.45, 2.75) is 19.8 Å². The molecule has 2 aromatic rings. The van der Waals surface area contributed by atoms with Gasteiger partial charge in [0.05, 0.1) is 32.7 Å². The zero-order valence-electron chi connectivity index (χ0n) is 16.4. The highest BCUT2D eigenvalue weighted by atomic mass is 32.1. The lowest BCUT2D eigenvalue weighted by Crippen LogP contribution is -2.35. The van der Waals surface area contributed by atoms with Crippen LogP contribution >= 0.6 is 12.2 Å². The third-order valence-electron chi connectivity index (χ3n) is 4.05. The maximum Gasteiger partial charge on any atom is 0.277 e. The van der Waals surface area contributed by atoms with E-state index in [4.69, 9.17) is 12.2 Å². The van der Waals surface area contributed by atoms with Crippen LogP contribution in [0.1, 0.15) is 40.5 Å². The SMILES string of the molecule is CCCCNC(=O)c1ccccc1NC(=S)NC(=O)c1cc([N+](=O)[O-])cc([N+](=O)[O-])c1. The molecule has 0 aliphatic carbocycles. The first-order valence-corrected chi connectivity index (χ1v) is 9.57. The van der Waals surface area contributed by atoms with Crippen LogP contribution in [0.4, 0.5) is 17.1 Å². The minimum atomic E-state index is -0.880. The van der Waals surface area contributed by atoms with Crippen LogP contribution in [0, 0.1) is 20.2 Å². The second-order valence-electron chi connectivity index (χ2n) is 6.32. The normalized spacial score (nSPS) is 10.1. The smallest absolute Gasteiger partial charge is 0.277 e. The van der Waals surface area contributed by atoms with E-state index in [0.717, 1.165) is 31.0 Å². The van der Waals surface area contributed by atoms with Crippen LogP contribution in [0.5, 0.6) is 0 Å². The summed E-state index contributed by atoms with van der Waals surface area (Å²) in [6.07, 6.45) is 1.75. The predicted molar refractivity (Wildman–Crippen MR) is 117 cm³/mol. The first-order chi connectivity index (χ1) is 14.7. The number of benzene rings is 2. The minimum Gasteiger partial charge on any atom is -0.352 e. The number of nitrogens with zero attached hydrogens (tertiary/aromatic N) is 2. The molecule has 0 bridgehead atoms. The van der Waals surface area contributed by atoms with Crippen molar-refractivity contribution in [2.24, 2.45) is 0 Å². The Kier molecular flexibility index (Phi) is 8.09. The molecule has 0 spiro atoms. The van der Waals surface area contributed by atoms with Gasteiger partial charge in [0, 0.05) is 18.7 Å². The number of carbonyl (C=O) groups is 2. The average Bonchev–Trinajstić information content (AvgIpc) is 2.73. The molecule has 31 heavy (non-hydrogen) atoms. The summed E-state index contributed by atoms with van der Waals surface area (Å²) in [7, 11) is 0. The van der Waals surface area contributed by atoms with E-state index in [0.29, 0.717) is 17.8 Å². The topological polar surface area (TPSA) is 157 Å². The van der Waals surface area contributed by atoms with Crippen LogP contribution in [0.25, 0.3) is 0 Å². The molecule has 0 heterocycles. The molecule has 0 atom stereocenters. The Morgan fingerprint density at radius 1 is 1.00 bits per heavy atom. The number of carbonyl (C=O) groups excluding carboxylic acids is 2. The molecule has 0 aliphatic rings. The molecule has 2 aromatic carbocycles. The lowest BCUT2D eigenvalue weighted by atomic mass is 10.1. The molecule has 0 radical (unpaired) electrons. The van der Waals surface area contributed by atoms with Gasteiger partial charge in [0.1, 0.15) is 0 Å². The highest BCUT2D eigenvalue weighted by molar-refractivity contribution is 7.80. The lowest BCUT2D eigenvalue weighted by Gasteiger charge is -2.13. The number of unbranched alkanes of at least 4 members (excludes halogenated alkanes) is 1. The number of non-ortho nitro benzene ring substituents is 2. The fourth-order valence-electron chi connectivity index (χ4n) is 2.53. The molecule has 12 heteroatoms. The van der Waals surface area contributed by atoms with Gasteiger partial charge >= 0.3 is 0 Å². The number of nitro benzene ring substituents is 2. The van der Waals surface area contributed by atoms with Gasteiger partial charge in [0.25, 0.3) is 23.2 Å². The number of rotatable bonds is 8. The zero-order valence-corrected chi connectivity index (χ0v) is 17.2. The Balaban J connectivity index is 2.15. The number of anilines is 1. The third-order valence-corrected chi connectivity index (χ3v) is 4.25. The van der Waals surface area contributed by atoms with Crippen molar-refractivity contribution in [2.75, 3.05) is 11.9 Å². The molecule has 0 fully saturated rings. The number of hydrogen-bond acceptors (Lipinski definition) is 7. The first kappa shape index (κ1) is 23.3. The number of hydrogen-bond donors (Lipinski definition) is 3. The standard InChI is InChI=1S/C19H19N5O6S/c1-2-3-8-20-18(26)15-6-4-5-7-16(15)21-19(31)22-17(25)12-9-13(23(27)28)11-14(10-12)24(29)30/h4-7,9-11H,2-3,8H2,1H3,(H,20,26)(H2,21,22,25,31). The van der Waals surface area contributed by atoms with Crippen LogP contribution in [0.15, 0.2) is 42.5 Å². The number of nitrogens with one attached hydrogen (secondary N) is 3. The van der Waals surface area contributed by atoms with Gasteiger partial charge in [-0.25, -0.2) is 0 Å². The van der Waals surface area contributed by atoms with Crippen molar-refractivity contribution >= 4 is 46.2 Å². The maximum atomic E-state index is 12.4. The van der Waals surface area contributed by atoms with E-state index in [2.05, 4.69) is 16.0 Å². The molecule has 3 N–H and O–H groups in total. The number of amides is 2. The molecule has 162 valence electrons. The minimum absolute atomic E-state index is 0.187. The van der Waals surface area contributed by atoms with Crippen LogP contribution in [-0.4, -0.2) is 33.3 Å². The van der Waals surface area contributed by atoms with Gasteiger partial charge in [0.15, 0.2) is 5.11 Å². The van der Waals surface area contributed by atoms with Gasteiger partial charge in [-0.1, -0.05) is 25.5 Å². The van der Waals surface area contributed by atoms with Crippen molar-refractivity contribution in [1.29, 1.82) is 0 Å². The quantitative estimate of drug-likeness (QED) is 0.242. The van der Waals surface area contributed by atoms with Gasteiger partial charge in [-0.05, 0) is 30.8 Å². The summed E-state index contributed by atoms with van der Waals surface area (Å²) in [5, 5.41) is 29.6. The second kappa shape index (κ2) is 10.7. The van der Waals surface area contributed by atoms with Crippen molar-refractivity contribution in [3.63, 3.8) is 0 Å². The third kappa shape index (κ3) is 6.54. The Hall–Kier alpha value is -3.93. The van der Waals surface area contributed by atoms with Gasteiger partial charge in [-0.2, -0.15) is 0 Å². The van der Waals surface area contributed by atoms with Crippen molar-refractivity contribution in [3.8, 4) is 0 Å². The van der Waals surface area contributed by atoms with Crippen LogP contribution in [-0.2, 0) is 0 Å². The van der Waals surface area contributed by atoms with E-state index < -0.39 is 27.1 Å². The van der Waals surface area contributed by atoms with Crippen LogP contribution in [0.2, 0.25) is 0 Å². The molecule has 11 nitrogen and oxygen atoms in total. The van der Waals surface area contributed by atoms with Crippen molar-refractivity contribution in [3.05, 3.63) is 73.8 Å². The Morgan fingerprint density at radius 2 is 1.61 bits per heavy atom. The second-order valence-corrected chi connectivity index (χ2v) is 6.72. The van der Waals surface area contributed by atoms with Crippen molar-refractivity contribution < 1.29 is 19.4 Å². The molecule has 2 rings (SSSR count). The van der Waals surface area contributed by atoms with E-state index >= 15 is 0 Å². The fraction of sp³-hybridized carbons (Fsp3) is 0.211.